The van der Waals surface area contributed by atoms with Gasteiger partial charge in [0.15, 0.2) is 0 Å². The van der Waals surface area contributed by atoms with Gasteiger partial charge in [0, 0.05) is 27.0 Å². The van der Waals surface area contributed by atoms with E-state index in [4.69, 9.17) is 9.97 Å². The van der Waals surface area contributed by atoms with Gasteiger partial charge < -0.3 is 4.40 Å². The van der Waals surface area contributed by atoms with Crippen molar-refractivity contribution in [2.24, 2.45) is 0 Å². The largest absolute Gasteiger partial charge is 0.308 e. The third-order valence-electron chi connectivity index (χ3n) is 8.49. The first kappa shape index (κ1) is 18.1. The number of fused-ring (bicyclic) bond motifs is 7. The second-order valence-corrected chi connectivity index (χ2v) is 10.4. The van der Waals surface area contributed by atoms with Gasteiger partial charge in [-0.1, -0.05) is 70.2 Å². The van der Waals surface area contributed by atoms with E-state index in [9.17, 15) is 0 Å². The van der Waals surface area contributed by atoms with Crippen molar-refractivity contribution in [2.45, 2.75) is 45.4 Å². The number of hydrogen-bond acceptors (Lipinski definition) is 2. The minimum Gasteiger partial charge on any atom is -0.308 e. The first-order valence-electron chi connectivity index (χ1n) is 11.4. The van der Waals surface area contributed by atoms with Crippen LogP contribution in [0.1, 0.15) is 44.5 Å². The molecule has 3 aromatic heterocycles. The maximum atomic E-state index is 4.91. The van der Waals surface area contributed by atoms with E-state index in [0.29, 0.717) is 0 Å². The van der Waals surface area contributed by atoms with E-state index in [-0.39, 0.29) is 10.8 Å². The van der Waals surface area contributed by atoms with Crippen LogP contribution in [-0.4, -0.2) is 14.4 Å². The van der Waals surface area contributed by atoms with Crippen molar-refractivity contribution in [3.05, 3.63) is 77.7 Å². The third-order valence-corrected chi connectivity index (χ3v) is 8.49. The van der Waals surface area contributed by atoms with Crippen molar-refractivity contribution in [2.75, 3.05) is 0 Å². The summed E-state index contributed by atoms with van der Waals surface area (Å²) in [7, 11) is 0. The summed E-state index contributed by atoms with van der Waals surface area (Å²) < 4.78 is 2.51. The molecule has 3 heterocycles. The maximum Gasteiger partial charge on any atom is 0.116 e. The highest BCUT2D eigenvalue weighted by Crippen LogP contribution is 2.55. The van der Waals surface area contributed by atoms with Crippen LogP contribution in [0.25, 0.3) is 49.0 Å². The lowest BCUT2D eigenvalue weighted by molar-refractivity contribution is 0.299. The lowest BCUT2D eigenvalue weighted by Crippen LogP contribution is -2.43. The number of nitrogens with zero attached hydrogens (tertiary/aromatic N) is 3. The average Bonchev–Trinajstić information content (AvgIpc) is 3.14. The molecule has 0 unspecified atom stereocenters. The van der Waals surface area contributed by atoms with Crippen molar-refractivity contribution < 1.29 is 0 Å². The highest BCUT2D eigenvalue weighted by molar-refractivity contribution is 6.20. The van der Waals surface area contributed by atoms with E-state index in [0.717, 1.165) is 11.2 Å². The molecule has 1 aliphatic rings. The minimum atomic E-state index is -0.134. The number of pyridine rings is 1. The Morgan fingerprint density at radius 2 is 1.47 bits per heavy atom. The summed E-state index contributed by atoms with van der Waals surface area (Å²) in [6.45, 7) is 11.7. The van der Waals surface area contributed by atoms with Crippen LogP contribution in [0.3, 0.4) is 0 Å². The van der Waals surface area contributed by atoms with Gasteiger partial charge in [-0.05, 0) is 41.0 Å². The van der Waals surface area contributed by atoms with Gasteiger partial charge in [-0.2, -0.15) is 0 Å². The number of para-hydroxylation sites is 1. The van der Waals surface area contributed by atoms with E-state index in [1.165, 1.54) is 54.6 Å². The van der Waals surface area contributed by atoms with Crippen LogP contribution in [0.4, 0.5) is 0 Å². The molecule has 0 N–H and O–H groups in total. The molecule has 0 radical (unpaired) electrons. The second kappa shape index (κ2) is 5.47. The van der Waals surface area contributed by atoms with Crippen molar-refractivity contribution in [1.29, 1.82) is 0 Å². The van der Waals surface area contributed by atoms with Gasteiger partial charge in [0.05, 0.1) is 27.8 Å². The Bertz CT molecular complexity index is 1780. The molecule has 156 valence electrons. The molecule has 0 fully saturated rings. The van der Waals surface area contributed by atoms with Crippen molar-refractivity contribution >= 4 is 49.0 Å². The summed E-state index contributed by atoms with van der Waals surface area (Å²) in [5.74, 6) is 0. The monoisotopic (exact) mass is 415 g/mol. The quantitative estimate of drug-likeness (QED) is 0.194. The van der Waals surface area contributed by atoms with Crippen LogP contribution in [0.15, 0.2) is 60.9 Å². The summed E-state index contributed by atoms with van der Waals surface area (Å²) in [6, 6.07) is 19.9. The van der Waals surface area contributed by atoms with E-state index in [2.05, 4.69) is 93.6 Å². The molecule has 1 aliphatic carbocycles. The van der Waals surface area contributed by atoms with Crippen LogP contribution in [0, 0.1) is 6.92 Å². The highest BCUT2D eigenvalue weighted by atomic mass is 15.0. The lowest BCUT2D eigenvalue weighted by Gasteiger charge is -2.45. The lowest BCUT2D eigenvalue weighted by atomic mass is 9.59. The topological polar surface area (TPSA) is 30.2 Å². The van der Waals surface area contributed by atoms with Crippen molar-refractivity contribution in [3.8, 4) is 0 Å². The molecule has 0 saturated carbocycles. The Morgan fingerprint density at radius 1 is 0.750 bits per heavy atom. The minimum absolute atomic E-state index is 0.0892. The number of rotatable bonds is 0. The van der Waals surface area contributed by atoms with Crippen LogP contribution < -0.4 is 0 Å². The molecule has 32 heavy (non-hydrogen) atoms. The maximum absolute atomic E-state index is 4.91. The normalized spacial score (nSPS) is 16.8. The van der Waals surface area contributed by atoms with Crippen LogP contribution in [0.2, 0.25) is 0 Å². The summed E-state index contributed by atoms with van der Waals surface area (Å²) in [5.41, 5.74) is 8.53. The zero-order valence-corrected chi connectivity index (χ0v) is 19.1. The molecular formula is C29H25N3. The van der Waals surface area contributed by atoms with Gasteiger partial charge in [-0.25, -0.2) is 9.97 Å². The molecule has 0 aliphatic heterocycles. The summed E-state index contributed by atoms with van der Waals surface area (Å²) >= 11 is 0. The zero-order valence-electron chi connectivity index (χ0n) is 19.1. The molecular weight excluding hydrogens is 390 g/mol. The van der Waals surface area contributed by atoms with Crippen LogP contribution >= 0.6 is 0 Å². The first-order valence-corrected chi connectivity index (χ1v) is 11.4. The first-order chi connectivity index (χ1) is 15.3. The molecule has 3 aromatic carbocycles. The summed E-state index contributed by atoms with van der Waals surface area (Å²) in [4.78, 5) is 9.81. The van der Waals surface area contributed by atoms with E-state index in [1.807, 2.05) is 0 Å². The molecule has 0 spiro atoms. The van der Waals surface area contributed by atoms with E-state index >= 15 is 0 Å². The Labute approximate surface area is 186 Å². The fraction of sp³-hybridized carbons (Fsp3) is 0.241. The fourth-order valence-electron chi connectivity index (χ4n) is 6.22. The van der Waals surface area contributed by atoms with Gasteiger partial charge >= 0.3 is 0 Å². The van der Waals surface area contributed by atoms with Gasteiger partial charge in [0.2, 0.25) is 0 Å². The van der Waals surface area contributed by atoms with Gasteiger partial charge in [-0.3, -0.25) is 0 Å². The van der Waals surface area contributed by atoms with E-state index in [1.54, 1.807) is 6.33 Å². The molecule has 6 aromatic rings. The molecule has 7 rings (SSSR count). The van der Waals surface area contributed by atoms with Gasteiger partial charge in [0.25, 0.3) is 0 Å². The number of hydrogen-bond donors (Lipinski definition) is 0. The Morgan fingerprint density at radius 3 is 2.28 bits per heavy atom. The number of aryl methyl sites for hydroxylation is 1. The number of aromatic nitrogens is 3. The Balaban J connectivity index is 1.95. The molecule has 0 saturated heterocycles. The van der Waals surface area contributed by atoms with E-state index < -0.39 is 0 Å². The molecule has 3 nitrogen and oxygen atoms in total. The Hall–Kier alpha value is -3.46. The van der Waals surface area contributed by atoms with Gasteiger partial charge in [-0.15, -0.1) is 0 Å². The summed E-state index contributed by atoms with van der Waals surface area (Å²) in [6.07, 6.45) is 1.77. The molecule has 0 amide bonds. The predicted molar refractivity (Wildman–Crippen MR) is 134 cm³/mol. The predicted octanol–water partition coefficient (Wildman–Crippen LogP) is 7.22. The van der Waals surface area contributed by atoms with Crippen LogP contribution in [0.5, 0.6) is 0 Å². The molecule has 3 heteroatoms. The molecule has 0 atom stereocenters. The summed E-state index contributed by atoms with van der Waals surface area (Å²) in [5, 5.41) is 6.30. The van der Waals surface area contributed by atoms with Crippen molar-refractivity contribution in [3.63, 3.8) is 0 Å². The zero-order chi connectivity index (χ0) is 22.0. The average molecular weight is 416 g/mol. The fourth-order valence-corrected chi connectivity index (χ4v) is 6.22. The Kier molecular flexibility index (Phi) is 3.10. The SMILES string of the molecule is Cc1c2ccccc2cc2c3ncnc4c3c3c(c5ccccc5n3c12)C(C)(C)C4(C)C. The second-order valence-electron chi connectivity index (χ2n) is 10.4. The van der Waals surface area contributed by atoms with Crippen LogP contribution in [-0.2, 0) is 10.8 Å². The third kappa shape index (κ3) is 1.82. The molecule has 0 bridgehead atoms. The standard InChI is InChI=1S/C29H25N3/c1-16-18-11-7-6-10-17(18)14-20-24-22-26-23(19-12-8-9-13-21(19)32(26)25(16)20)28(2,3)29(4,5)27(22)31-15-30-24/h6-15H,1-5H3. The smallest absolute Gasteiger partial charge is 0.116 e. The number of benzene rings is 3. The van der Waals surface area contributed by atoms with Gasteiger partial charge in [0.1, 0.15) is 6.33 Å². The highest BCUT2D eigenvalue weighted by Gasteiger charge is 2.48. The van der Waals surface area contributed by atoms with Crippen molar-refractivity contribution in [1.82, 2.24) is 14.4 Å².